The van der Waals surface area contributed by atoms with Gasteiger partial charge in [-0.1, -0.05) is 6.92 Å². The van der Waals surface area contributed by atoms with Gasteiger partial charge in [0.15, 0.2) is 0 Å². The van der Waals surface area contributed by atoms with Crippen molar-refractivity contribution in [3.05, 3.63) is 29.3 Å². The summed E-state index contributed by atoms with van der Waals surface area (Å²) in [6.45, 7) is 5.96. The molecule has 1 fully saturated rings. The lowest BCUT2D eigenvalue weighted by Crippen LogP contribution is -2.45. The Morgan fingerprint density at radius 3 is 3.00 bits per heavy atom. The number of nitrogens with zero attached hydrogens (tertiary/aromatic N) is 1. The van der Waals surface area contributed by atoms with E-state index in [4.69, 9.17) is 10.5 Å². The molecule has 1 aliphatic rings. The van der Waals surface area contributed by atoms with Crippen LogP contribution in [0.4, 0.5) is 5.69 Å². The van der Waals surface area contributed by atoms with Crippen molar-refractivity contribution in [3.8, 4) is 0 Å². The highest BCUT2D eigenvalue weighted by Crippen LogP contribution is 2.16. The molecule has 1 saturated heterocycles. The number of ether oxygens (including phenoxy) is 1. The van der Waals surface area contributed by atoms with Crippen LogP contribution in [0.3, 0.4) is 0 Å². The van der Waals surface area contributed by atoms with Crippen molar-refractivity contribution >= 4 is 11.6 Å². The Hall–Kier alpha value is -1.55. The Morgan fingerprint density at radius 2 is 2.33 bits per heavy atom. The van der Waals surface area contributed by atoms with Crippen LogP contribution in [0.15, 0.2) is 18.2 Å². The van der Waals surface area contributed by atoms with Crippen molar-refractivity contribution in [1.29, 1.82) is 0 Å². The molecule has 2 N–H and O–H groups in total. The predicted molar refractivity (Wildman–Crippen MR) is 71.5 cm³/mol. The molecule has 1 aliphatic heterocycles. The molecule has 0 saturated carbocycles. The maximum absolute atomic E-state index is 12.4. The third-order valence-electron chi connectivity index (χ3n) is 3.40. The van der Waals surface area contributed by atoms with E-state index < -0.39 is 0 Å². The highest BCUT2D eigenvalue weighted by Gasteiger charge is 2.24. The van der Waals surface area contributed by atoms with Crippen LogP contribution in [0.25, 0.3) is 0 Å². The van der Waals surface area contributed by atoms with E-state index in [0.717, 1.165) is 17.7 Å². The lowest BCUT2D eigenvalue weighted by molar-refractivity contribution is -0.0226. The van der Waals surface area contributed by atoms with Gasteiger partial charge in [-0.05, 0) is 37.1 Å². The first kappa shape index (κ1) is 12.9. The number of morpholine rings is 1. The molecule has 4 heteroatoms. The third-order valence-corrected chi connectivity index (χ3v) is 3.40. The van der Waals surface area contributed by atoms with Gasteiger partial charge in [-0.15, -0.1) is 0 Å². The molecular weight excluding hydrogens is 228 g/mol. The smallest absolute Gasteiger partial charge is 0.254 e. The maximum atomic E-state index is 12.4. The maximum Gasteiger partial charge on any atom is 0.254 e. The molecule has 1 amide bonds. The molecule has 1 aromatic carbocycles. The summed E-state index contributed by atoms with van der Waals surface area (Å²) in [4.78, 5) is 14.2. The normalized spacial score (nSPS) is 19.9. The minimum Gasteiger partial charge on any atom is -0.399 e. The molecule has 98 valence electrons. The van der Waals surface area contributed by atoms with Crippen molar-refractivity contribution in [2.75, 3.05) is 25.4 Å². The molecule has 1 unspecified atom stereocenters. The Labute approximate surface area is 108 Å². The minimum absolute atomic E-state index is 0.0693. The molecule has 1 atom stereocenters. The average Bonchev–Trinajstić information content (AvgIpc) is 2.41. The van der Waals surface area contributed by atoms with Gasteiger partial charge in [-0.3, -0.25) is 4.79 Å². The third kappa shape index (κ3) is 2.64. The number of nitrogens with two attached hydrogens (primary N) is 1. The first-order valence-corrected chi connectivity index (χ1v) is 6.38. The Bertz CT molecular complexity index is 445. The second-order valence-corrected chi connectivity index (χ2v) is 4.72. The summed E-state index contributed by atoms with van der Waals surface area (Å²) in [7, 11) is 0. The van der Waals surface area contributed by atoms with E-state index in [1.807, 2.05) is 17.9 Å². The van der Waals surface area contributed by atoms with Crippen molar-refractivity contribution in [3.63, 3.8) is 0 Å². The summed E-state index contributed by atoms with van der Waals surface area (Å²) >= 11 is 0. The summed E-state index contributed by atoms with van der Waals surface area (Å²) in [6.07, 6.45) is 1.10. The number of anilines is 1. The van der Waals surface area contributed by atoms with E-state index in [0.29, 0.717) is 25.3 Å². The van der Waals surface area contributed by atoms with E-state index in [-0.39, 0.29) is 12.0 Å². The largest absolute Gasteiger partial charge is 0.399 e. The monoisotopic (exact) mass is 248 g/mol. The summed E-state index contributed by atoms with van der Waals surface area (Å²) in [6, 6.07) is 5.44. The fraction of sp³-hybridized carbons (Fsp3) is 0.500. The molecule has 0 aromatic heterocycles. The lowest BCUT2D eigenvalue weighted by Gasteiger charge is -2.32. The van der Waals surface area contributed by atoms with Crippen molar-refractivity contribution < 1.29 is 9.53 Å². The zero-order chi connectivity index (χ0) is 13.1. The lowest BCUT2D eigenvalue weighted by atomic mass is 10.1. The highest BCUT2D eigenvalue weighted by molar-refractivity contribution is 5.95. The fourth-order valence-electron chi connectivity index (χ4n) is 2.14. The topological polar surface area (TPSA) is 55.6 Å². The van der Waals surface area contributed by atoms with Crippen LogP contribution < -0.4 is 5.73 Å². The number of nitrogen functional groups attached to an aromatic ring is 1. The van der Waals surface area contributed by atoms with Gasteiger partial charge in [0.05, 0.1) is 12.7 Å². The van der Waals surface area contributed by atoms with E-state index in [2.05, 4.69) is 6.92 Å². The van der Waals surface area contributed by atoms with E-state index >= 15 is 0 Å². The Morgan fingerprint density at radius 1 is 1.56 bits per heavy atom. The number of aryl methyl sites for hydroxylation is 1. The van der Waals surface area contributed by atoms with Crippen molar-refractivity contribution in [2.45, 2.75) is 26.4 Å². The van der Waals surface area contributed by atoms with Crippen LogP contribution in [-0.2, 0) is 4.74 Å². The second-order valence-electron chi connectivity index (χ2n) is 4.72. The van der Waals surface area contributed by atoms with Gasteiger partial charge < -0.3 is 15.4 Å². The first-order valence-electron chi connectivity index (χ1n) is 6.38. The summed E-state index contributed by atoms with van der Waals surface area (Å²) in [5.41, 5.74) is 8.14. The van der Waals surface area contributed by atoms with Crippen LogP contribution in [-0.4, -0.2) is 36.6 Å². The summed E-state index contributed by atoms with van der Waals surface area (Å²) in [5, 5.41) is 0. The second kappa shape index (κ2) is 5.40. The zero-order valence-electron chi connectivity index (χ0n) is 11.0. The van der Waals surface area contributed by atoms with Gasteiger partial charge >= 0.3 is 0 Å². The number of amides is 1. The van der Waals surface area contributed by atoms with Gasteiger partial charge in [0.1, 0.15) is 0 Å². The number of hydrogen-bond acceptors (Lipinski definition) is 3. The standard InChI is InChI=1S/C14H20N2O2/c1-3-12-9-16(6-7-18-12)14(17)11-4-5-13(15)10(2)8-11/h4-5,8,12H,3,6-7,9,15H2,1-2H3. The molecular formula is C14H20N2O2. The van der Waals surface area contributed by atoms with Crippen LogP contribution in [0, 0.1) is 6.92 Å². The molecule has 1 heterocycles. The SMILES string of the molecule is CCC1CN(C(=O)c2ccc(N)c(C)c2)CCO1. The van der Waals surface area contributed by atoms with Gasteiger partial charge in [-0.2, -0.15) is 0 Å². The van der Waals surface area contributed by atoms with Crippen LogP contribution in [0.2, 0.25) is 0 Å². The molecule has 1 aromatic rings. The van der Waals surface area contributed by atoms with Crippen LogP contribution in [0.1, 0.15) is 29.3 Å². The van der Waals surface area contributed by atoms with Crippen molar-refractivity contribution in [1.82, 2.24) is 4.90 Å². The van der Waals surface area contributed by atoms with Crippen LogP contribution >= 0.6 is 0 Å². The molecule has 4 nitrogen and oxygen atoms in total. The van der Waals surface area contributed by atoms with E-state index in [9.17, 15) is 4.79 Å². The number of rotatable bonds is 2. The first-order chi connectivity index (χ1) is 8.61. The summed E-state index contributed by atoms with van der Waals surface area (Å²) in [5.74, 6) is 0.0693. The van der Waals surface area contributed by atoms with Crippen LogP contribution in [0.5, 0.6) is 0 Å². The number of hydrogen-bond donors (Lipinski definition) is 1. The minimum atomic E-state index is 0.0693. The number of benzene rings is 1. The number of carbonyl (C=O) groups is 1. The molecule has 2 rings (SSSR count). The van der Waals surface area contributed by atoms with E-state index in [1.54, 1.807) is 12.1 Å². The molecule has 18 heavy (non-hydrogen) atoms. The Balaban J connectivity index is 2.12. The van der Waals surface area contributed by atoms with Gasteiger partial charge in [0, 0.05) is 24.3 Å². The molecule has 0 aliphatic carbocycles. The fourth-order valence-corrected chi connectivity index (χ4v) is 2.14. The van der Waals surface area contributed by atoms with Gasteiger partial charge in [-0.25, -0.2) is 0 Å². The van der Waals surface area contributed by atoms with Crippen molar-refractivity contribution in [2.24, 2.45) is 0 Å². The molecule has 0 bridgehead atoms. The van der Waals surface area contributed by atoms with Gasteiger partial charge in [0.25, 0.3) is 5.91 Å². The quantitative estimate of drug-likeness (QED) is 0.812. The average molecular weight is 248 g/mol. The molecule has 0 radical (unpaired) electrons. The van der Waals surface area contributed by atoms with E-state index in [1.165, 1.54) is 0 Å². The Kier molecular flexibility index (Phi) is 3.87. The summed E-state index contributed by atoms with van der Waals surface area (Å²) < 4.78 is 5.57. The zero-order valence-corrected chi connectivity index (χ0v) is 11.0. The molecule has 0 spiro atoms. The highest BCUT2D eigenvalue weighted by atomic mass is 16.5. The predicted octanol–water partition coefficient (Wildman–Crippen LogP) is 1.83. The van der Waals surface area contributed by atoms with Gasteiger partial charge in [0.2, 0.25) is 0 Å². The number of carbonyl (C=O) groups excluding carboxylic acids is 1.